The van der Waals surface area contributed by atoms with E-state index in [0.717, 1.165) is 4.47 Å². The Morgan fingerprint density at radius 3 is 2.79 bits per heavy atom. The second-order valence-electron chi connectivity index (χ2n) is 3.64. The Bertz CT molecular complexity index is 620. The van der Waals surface area contributed by atoms with E-state index < -0.39 is 5.91 Å². The summed E-state index contributed by atoms with van der Waals surface area (Å²) in [5, 5.41) is 2.96. The van der Waals surface area contributed by atoms with Gasteiger partial charge in [-0.2, -0.15) is 0 Å². The van der Waals surface area contributed by atoms with Gasteiger partial charge in [0.05, 0.1) is 5.02 Å². The zero-order chi connectivity index (χ0) is 13.8. The van der Waals surface area contributed by atoms with Crippen molar-refractivity contribution in [3.05, 3.63) is 51.6 Å². The van der Waals surface area contributed by atoms with E-state index in [0.29, 0.717) is 11.5 Å². The third-order valence-corrected chi connectivity index (χ3v) is 3.09. The summed E-state index contributed by atoms with van der Waals surface area (Å²) in [7, 11) is 0. The molecule has 1 aromatic heterocycles. The van der Waals surface area contributed by atoms with Crippen molar-refractivity contribution in [2.75, 3.05) is 10.7 Å². The molecule has 1 aromatic carbocycles. The average molecular weight is 342 g/mol. The van der Waals surface area contributed by atoms with Crippen molar-refractivity contribution in [2.24, 2.45) is 5.84 Å². The number of nitrogens with one attached hydrogen (secondary N) is 2. The van der Waals surface area contributed by atoms with Crippen molar-refractivity contribution in [2.45, 2.75) is 0 Å². The molecule has 0 saturated carbocycles. The van der Waals surface area contributed by atoms with Crippen LogP contribution in [0, 0.1) is 0 Å². The van der Waals surface area contributed by atoms with Crippen molar-refractivity contribution in [1.82, 2.24) is 4.98 Å². The molecule has 98 valence electrons. The van der Waals surface area contributed by atoms with Crippen LogP contribution in [0.25, 0.3) is 0 Å². The number of aromatic nitrogens is 1. The molecule has 7 heteroatoms. The molecular formula is C12H10BrClN4O. The quantitative estimate of drug-likeness (QED) is 0.592. The Morgan fingerprint density at radius 1 is 1.32 bits per heavy atom. The van der Waals surface area contributed by atoms with E-state index in [1.165, 1.54) is 0 Å². The molecule has 0 radical (unpaired) electrons. The van der Waals surface area contributed by atoms with E-state index in [4.69, 9.17) is 17.4 Å². The SMILES string of the molecule is NNc1ccc(Cl)c(C(=O)Nc2cccc(Br)c2)n1. The highest BCUT2D eigenvalue weighted by molar-refractivity contribution is 9.10. The fraction of sp³-hybridized carbons (Fsp3) is 0. The molecule has 19 heavy (non-hydrogen) atoms. The number of amides is 1. The minimum atomic E-state index is -0.403. The first kappa shape index (κ1) is 13.8. The fourth-order valence-electron chi connectivity index (χ4n) is 1.44. The maximum Gasteiger partial charge on any atom is 0.275 e. The second kappa shape index (κ2) is 6.01. The zero-order valence-electron chi connectivity index (χ0n) is 9.65. The first-order valence-corrected chi connectivity index (χ1v) is 6.47. The maximum absolute atomic E-state index is 12.1. The molecule has 0 spiro atoms. The van der Waals surface area contributed by atoms with Crippen molar-refractivity contribution in [3.63, 3.8) is 0 Å². The predicted octanol–water partition coefficient (Wildman–Crippen LogP) is 3.04. The first-order chi connectivity index (χ1) is 9.10. The summed E-state index contributed by atoms with van der Waals surface area (Å²) in [6.45, 7) is 0. The molecule has 0 saturated heterocycles. The van der Waals surface area contributed by atoms with Crippen LogP contribution in [0.4, 0.5) is 11.5 Å². The number of halogens is 2. The number of carbonyl (C=O) groups is 1. The molecule has 0 aliphatic rings. The van der Waals surface area contributed by atoms with E-state index >= 15 is 0 Å². The largest absolute Gasteiger partial charge is 0.321 e. The van der Waals surface area contributed by atoms with Crippen LogP contribution in [0.1, 0.15) is 10.5 Å². The number of hydrogen-bond donors (Lipinski definition) is 3. The molecule has 2 rings (SSSR count). The number of pyridine rings is 1. The van der Waals surface area contributed by atoms with Gasteiger partial charge in [0.1, 0.15) is 11.5 Å². The summed E-state index contributed by atoms with van der Waals surface area (Å²) in [6.07, 6.45) is 0. The molecule has 0 aliphatic heterocycles. The number of rotatable bonds is 3. The van der Waals surface area contributed by atoms with Gasteiger partial charge in [-0.15, -0.1) is 0 Å². The predicted molar refractivity (Wildman–Crippen MR) is 79.2 cm³/mol. The number of hydrogen-bond acceptors (Lipinski definition) is 4. The van der Waals surface area contributed by atoms with E-state index in [9.17, 15) is 4.79 Å². The van der Waals surface area contributed by atoms with Gasteiger partial charge >= 0.3 is 0 Å². The summed E-state index contributed by atoms with van der Waals surface area (Å²) in [5.74, 6) is 5.21. The number of anilines is 2. The van der Waals surface area contributed by atoms with Crippen LogP contribution in [-0.4, -0.2) is 10.9 Å². The lowest BCUT2D eigenvalue weighted by molar-refractivity contribution is 0.102. The number of hydrazine groups is 1. The Labute approximate surface area is 123 Å². The monoisotopic (exact) mass is 340 g/mol. The van der Waals surface area contributed by atoms with Gasteiger partial charge in [-0.1, -0.05) is 33.6 Å². The van der Waals surface area contributed by atoms with Crippen molar-refractivity contribution in [1.29, 1.82) is 0 Å². The zero-order valence-corrected chi connectivity index (χ0v) is 12.0. The van der Waals surface area contributed by atoms with Crippen LogP contribution < -0.4 is 16.6 Å². The third kappa shape index (κ3) is 3.44. The summed E-state index contributed by atoms with van der Waals surface area (Å²) in [6, 6.07) is 10.3. The lowest BCUT2D eigenvalue weighted by Gasteiger charge is -2.08. The highest BCUT2D eigenvalue weighted by atomic mass is 79.9. The van der Waals surface area contributed by atoms with E-state index in [1.54, 1.807) is 24.3 Å². The van der Waals surface area contributed by atoms with E-state index in [1.807, 2.05) is 12.1 Å². The van der Waals surface area contributed by atoms with Gasteiger partial charge in [-0.05, 0) is 30.3 Å². The topological polar surface area (TPSA) is 80.0 Å². The summed E-state index contributed by atoms with van der Waals surface area (Å²) in [4.78, 5) is 16.1. The number of nitrogen functional groups attached to an aromatic ring is 1. The van der Waals surface area contributed by atoms with Gasteiger partial charge in [0.15, 0.2) is 0 Å². The minimum Gasteiger partial charge on any atom is -0.321 e. The molecule has 0 atom stereocenters. The average Bonchev–Trinajstić information content (AvgIpc) is 2.39. The molecule has 0 aliphatic carbocycles. The Morgan fingerprint density at radius 2 is 2.11 bits per heavy atom. The molecule has 0 unspecified atom stereocenters. The highest BCUT2D eigenvalue weighted by Gasteiger charge is 2.13. The van der Waals surface area contributed by atoms with Gasteiger partial charge in [0, 0.05) is 10.2 Å². The van der Waals surface area contributed by atoms with Gasteiger partial charge in [0.2, 0.25) is 0 Å². The molecule has 4 N–H and O–H groups in total. The van der Waals surface area contributed by atoms with Crippen LogP contribution in [0.15, 0.2) is 40.9 Å². The van der Waals surface area contributed by atoms with Crippen LogP contribution in [0.3, 0.4) is 0 Å². The minimum absolute atomic E-state index is 0.108. The molecule has 1 amide bonds. The van der Waals surface area contributed by atoms with Crippen molar-refractivity contribution in [3.8, 4) is 0 Å². The van der Waals surface area contributed by atoms with Gasteiger partial charge in [0.25, 0.3) is 5.91 Å². The molecular weight excluding hydrogens is 332 g/mol. The summed E-state index contributed by atoms with van der Waals surface area (Å²) in [5.41, 5.74) is 3.12. The molecule has 1 heterocycles. The molecule has 5 nitrogen and oxygen atoms in total. The third-order valence-electron chi connectivity index (χ3n) is 2.29. The standard InChI is InChI=1S/C12H10BrClN4O/c13-7-2-1-3-8(6-7)16-12(19)11-9(14)4-5-10(17-11)18-15/h1-6H,15H2,(H,16,19)(H,17,18). The molecule has 0 bridgehead atoms. The fourth-order valence-corrected chi connectivity index (χ4v) is 2.03. The first-order valence-electron chi connectivity index (χ1n) is 5.30. The smallest absolute Gasteiger partial charge is 0.275 e. The van der Waals surface area contributed by atoms with Crippen LogP contribution in [0.2, 0.25) is 5.02 Å². The second-order valence-corrected chi connectivity index (χ2v) is 4.96. The van der Waals surface area contributed by atoms with Crippen LogP contribution >= 0.6 is 27.5 Å². The van der Waals surface area contributed by atoms with Gasteiger partial charge < -0.3 is 10.7 Å². The van der Waals surface area contributed by atoms with Crippen molar-refractivity contribution >= 4 is 44.9 Å². The summed E-state index contributed by atoms with van der Waals surface area (Å²) >= 11 is 9.27. The Hall–Kier alpha value is -1.63. The molecule has 2 aromatic rings. The normalized spacial score (nSPS) is 10.1. The van der Waals surface area contributed by atoms with E-state index in [-0.39, 0.29) is 10.7 Å². The Kier molecular flexibility index (Phi) is 4.36. The van der Waals surface area contributed by atoms with Crippen molar-refractivity contribution < 1.29 is 4.79 Å². The number of nitrogens with zero attached hydrogens (tertiary/aromatic N) is 1. The molecule has 0 fully saturated rings. The van der Waals surface area contributed by atoms with Crippen LogP contribution in [-0.2, 0) is 0 Å². The van der Waals surface area contributed by atoms with Gasteiger partial charge in [-0.3, -0.25) is 4.79 Å². The number of benzene rings is 1. The van der Waals surface area contributed by atoms with E-state index in [2.05, 4.69) is 31.7 Å². The Balaban J connectivity index is 2.25. The van der Waals surface area contributed by atoms with Gasteiger partial charge in [-0.25, -0.2) is 10.8 Å². The van der Waals surface area contributed by atoms with Crippen LogP contribution in [0.5, 0.6) is 0 Å². The maximum atomic E-state index is 12.1. The number of nitrogens with two attached hydrogens (primary N) is 1. The lowest BCUT2D eigenvalue weighted by atomic mass is 10.3. The summed E-state index contributed by atoms with van der Waals surface area (Å²) < 4.78 is 0.863. The lowest BCUT2D eigenvalue weighted by Crippen LogP contribution is -2.16. The highest BCUT2D eigenvalue weighted by Crippen LogP contribution is 2.20. The number of carbonyl (C=O) groups excluding carboxylic acids is 1.